The molecule has 0 radical (unpaired) electrons. The summed E-state index contributed by atoms with van der Waals surface area (Å²) in [5.41, 5.74) is 5.01. The second-order valence-corrected chi connectivity index (χ2v) is 4.73. The van der Waals surface area contributed by atoms with Gasteiger partial charge in [-0.3, -0.25) is 20.1 Å². The van der Waals surface area contributed by atoms with E-state index in [-0.39, 0.29) is 12.8 Å². The molecule has 5 N–H and O–H groups in total. The highest BCUT2D eigenvalue weighted by Gasteiger charge is 2.45. The second-order valence-electron chi connectivity index (χ2n) is 4.73. The molecule has 0 spiro atoms. The number of hydrogen-bond acceptors (Lipinski definition) is 6. The lowest BCUT2D eigenvalue weighted by atomic mass is 10.1. The molecule has 1 fully saturated rings. The van der Waals surface area contributed by atoms with Crippen molar-refractivity contribution in [1.82, 2.24) is 9.55 Å². The smallest absolute Gasteiger partial charge is 0.331 e. The molecule has 2 rings (SSSR count). The van der Waals surface area contributed by atoms with Crippen LogP contribution >= 0.6 is 0 Å². The standard InChI is InChI=1S/C12H17N3O5/c1-2-3-7-5-15(11(19)14-10(7)18)12(13)4-8(17)9(6-16)20-12/h2,5,8-9,16-17H,1,3-4,6,13H2,(H,14,18,19)/t8-,9+,12-/m0/s1. The molecule has 0 unspecified atom stereocenters. The number of aromatic amines is 1. The summed E-state index contributed by atoms with van der Waals surface area (Å²) in [6.07, 6.45) is 1.13. The van der Waals surface area contributed by atoms with Gasteiger partial charge in [0.15, 0.2) is 0 Å². The van der Waals surface area contributed by atoms with E-state index in [0.29, 0.717) is 5.56 Å². The largest absolute Gasteiger partial charge is 0.394 e. The Bertz CT molecular complexity index is 622. The third kappa shape index (κ3) is 2.46. The van der Waals surface area contributed by atoms with E-state index < -0.39 is 35.9 Å². The Kier molecular flexibility index (Phi) is 3.91. The van der Waals surface area contributed by atoms with Crippen molar-refractivity contribution in [1.29, 1.82) is 0 Å². The third-order valence-corrected chi connectivity index (χ3v) is 3.25. The van der Waals surface area contributed by atoms with Crippen LogP contribution in [-0.4, -0.2) is 38.6 Å². The number of ether oxygens (including phenoxy) is 1. The van der Waals surface area contributed by atoms with Crippen LogP contribution in [0, 0.1) is 0 Å². The fourth-order valence-corrected chi connectivity index (χ4v) is 2.23. The third-order valence-electron chi connectivity index (χ3n) is 3.25. The number of aromatic nitrogens is 2. The minimum Gasteiger partial charge on any atom is -0.394 e. The first-order valence-electron chi connectivity index (χ1n) is 6.13. The number of nitrogens with two attached hydrogens (primary N) is 1. The first-order chi connectivity index (χ1) is 9.41. The summed E-state index contributed by atoms with van der Waals surface area (Å²) in [5.74, 6) is -1.61. The Balaban J connectivity index is 2.47. The summed E-state index contributed by atoms with van der Waals surface area (Å²) in [7, 11) is 0. The van der Waals surface area contributed by atoms with Gasteiger partial charge in [0.25, 0.3) is 5.56 Å². The molecule has 0 amide bonds. The summed E-state index contributed by atoms with van der Waals surface area (Å²) < 4.78 is 6.36. The summed E-state index contributed by atoms with van der Waals surface area (Å²) in [4.78, 5) is 25.6. The molecular weight excluding hydrogens is 266 g/mol. The van der Waals surface area contributed by atoms with E-state index in [0.717, 1.165) is 4.57 Å². The Labute approximate surface area is 114 Å². The number of aliphatic hydroxyl groups is 2. The van der Waals surface area contributed by atoms with Crippen LogP contribution in [-0.2, 0) is 17.0 Å². The Hall–Kier alpha value is -1.74. The lowest BCUT2D eigenvalue weighted by Gasteiger charge is -2.26. The van der Waals surface area contributed by atoms with Gasteiger partial charge in [-0.05, 0) is 6.42 Å². The molecule has 2 heterocycles. The van der Waals surface area contributed by atoms with Gasteiger partial charge in [-0.15, -0.1) is 6.58 Å². The van der Waals surface area contributed by atoms with Crippen LogP contribution in [0.15, 0.2) is 28.4 Å². The SMILES string of the molecule is C=CCc1cn([C@@]2(N)C[C@H](O)[C@@H](CO)O2)c(=O)[nH]c1=O. The van der Waals surface area contributed by atoms with E-state index in [4.69, 9.17) is 15.6 Å². The Morgan fingerprint density at radius 3 is 2.90 bits per heavy atom. The summed E-state index contributed by atoms with van der Waals surface area (Å²) in [6, 6.07) is 0. The number of H-pyrrole nitrogens is 1. The van der Waals surface area contributed by atoms with Crippen LogP contribution in [0.5, 0.6) is 0 Å². The molecule has 0 saturated carbocycles. The van der Waals surface area contributed by atoms with E-state index in [1.54, 1.807) is 0 Å². The van der Waals surface area contributed by atoms with Crippen molar-refractivity contribution >= 4 is 0 Å². The highest BCUT2D eigenvalue weighted by Crippen LogP contribution is 2.29. The second kappa shape index (κ2) is 5.33. The minimum atomic E-state index is -1.61. The maximum Gasteiger partial charge on any atom is 0.331 e. The van der Waals surface area contributed by atoms with E-state index in [1.165, 1.54) is 12.3 Å². The van der Waals surface area contributed by atoms with Crippen molar-refractivity contribution in [3.05, 3.63) is 45.3 Å². The predicted octanol–water partition coefficient (Wildman–Crippen LogP) is -2.02. The molecule has 1 aromatic heterocycles. The molecule has 1 saturated heterocycles. The lowest BCUT2D eigenvalue weighted by Crippen LogP contribution is -2.51. The number of nitrogens with zero attached hydrogens (tertiary/aromatic N) is 1. The lowest BCUT2D eigenvalue weighted by molar-refractivity contribution is -0.115. The molecule has 110 valence electrons. The predicted molar refractivity (Wildman–Crippen MR) is 70.0 cm³/mol. The van der Waals surface area contributed by atoms with Crippen LogP contribution in [0.25, 0.3) is 0 Å². The number of aliphatic hydroxyl groups excluding tert-OH is 2. The van der Waals surface area contributed by atoms with Gasteiger partial charge in [-0.2, -0.15) is 0 Å². The Morgan fingerprint density at radius 2 is 2.35 bits per heavy atom. The molecule has 3 atom stereocenters. The topological polar surface area (TPSA) is 131 Å². The molecule has 20 heavy (non-hydrogen) atoms. The van der Waals surface area contributed by atoms with Gasteiger partial charge in [0.05, 0.1) is 12.7 Å². The number of nitrogens with one attached hydrogen (secondary N) is 1. The molecule has 1 aliphatic heterocycles. The van der Waals surface area contributed by atoms with Crippen LogP contribution in [0.3, 0.4) is 0 Å². The molecule has 8 heteroatoms. The van der Waals surface area contributed by atoms with E-state index in [1.807, 2.05) is 0 Å². The van der Waals surface area contributed by atoms with Crippen molar-refractivity contribution in [3.8, 4) is 0 Å². The first-order valence-corrected chi connectivity index (χ1v) is 6.13. The number of rotatable bonds is 4. The van der Waals surface area contributed by atoms with Gasteiger partial charge in [0.1, 0.15) is 6.10 Å². The fourth-order valence-electron chi connectivity index (χ4n) is 2.23. The molecule has 1 aliphatic rings. The highest BCUT2D eigenvalue weighted by molar-refractivity contribution is 5.10. The van der Waals surface area contributed by atoms with Crippen LogP contribution < -0.4 is 17.0 Å². The monoisotopic (exact) mass is 283 g/mol. The number of hydrogen-bond donors (Lipinski definition) is 4. The van der Waals surface area contributed by atoms with E-state index >= 15 is 0 Å². The zero-order valence-corrected chi connectivity index (χ0v) is 10.8. The van der Waals surface area contributed by atoms with Crippen molar-refractivity contribution < 1.29 is 14.9 Å². The molecule has 0 bridgehead atoms. The zero-order chi connectivity index (χ0) is 14.9. The number of allylic oxidation sites excluding steroid dienone is 1. The van der Waals surface area contributed by atoms with Crippen molar-refractivity contribution in [3.63, 3.8) is 0 Å². The summed E-state index contributed by atoms with van der Waals surface area (Å²) >= 11 is 0. The summed E-state index contributed by atoms with van der Waals surface area (Å²) in [5, 5.41) is 18.8. The fraction of sp³-hybridized carbons (Fsp3) is 0.500. The normalized spacial score (nSPS) is 29.6. The van der Waals surface area contributed by atoms with Gasteiger partial charge in [0.2, 0.25) is 5.85 Å². The molecule has 8 nitrogen and oxygen atoms in total. The van der Waals surface area contributed by atoms with Crippen molar-refractivity contribution in [2.75, 3.05) is 6.61 Å². The van der Waals surface area contributed by atoms with Crippen LogP contribution in [0.1, 0.15) is 12.0 Å². The molecule has 1 aromatic rings. The average molecular weight is 283 g/mol. The van der Waals surface area contributed by atoms with E-state index in [9.17, 15) is 14.7 Å². The molecule has 0 aromatic carbocycles. The quantitative estimate of drug-likeness (QED) is 0.472. The maximum atomic E-state index is 11.9. The van der Waals surface area contributed by atoms with Gasteiger partial charge < -0.3 is 14.9 Å². The zero-order valence-electron chi connectivity index (χ0n) is 10.8. The average Bonchev–Trinajstić information content (AvgIpc) is 2.68. The summed E-state index contributed by atoms with van der Waals surface area (Å²) in [6.45, 7) is 3.11. The van der Waals surface area contributed by atoms with Gasteiger partial charge in [-0.25, -0.2) is 4.79 Å². The highest BCUT2D eigenvalue weighted by atomic mass is 16.6. The van der Waals surface area contributed by atoms with Crippen LogP contribution in [0.2, 0.25) is 0 Å². The Morgan fingerprint density at radius 1 is 1.65 bits per heavy atom. The van der Waals surface area contributed by atoms with Crippen molar-refractivity contribution in [2.45, 2.75) is 30.9 Å². The molecule has 0 aliphatic carbocycles. The first kappa shape index (κ1) is 14.7. The maximum absolute atomic E-state index is 11.9. The van der Waals surface area contributed by atoms with E-state index in [2.05, 4.69) is 11.6 Å². The minimum absolute atomic E-state index is 0.0717. The van der Waals surface area contributed by atoms with Gasteiger partial charge >= 0.3 is 5.69 Å². The molecular formula is C12H17N3O5. The van der Waals surface area contributed by atoms with Crippen LogP contribution in [0.4, 0.5) is 0 Å². The van der Waals surface area contributed by atoms with Gasteiger partial charge in [-0.1, -0.05) is 6.08 Å². The van der Waals surface area contributed by atoms with Gasteiger partial charge in [0, 0.05) is 18.2 Å². The van der Waals surface area contributed by atoms with Crippen molar-refractivity contribution in [2.24, 2.45) is 5.73 Å².